The Bertz CT molecular complexity index is 554. The topological polar surface area (TPSA) is 17.3 Å². The zero-order valence-electron chi connectivity index (χ0n) is 8.41. The molecule has 2 aromatic heterocycles. The van der Waals surface area contributed by atoms with E-state index in [1.807, 2.05) is 59.3 Å². The summed E-state index contributed by atoms with van der Waals surface area (Å²) in [5.41, 5.74) is 2.95. The van der Waals surface area contributed by atoms with E-state index in [1.54, 1.807) is 0 Å². The van der Waals surface area contributed by atoms with Crippen LogP contribution in [0.2, 0.25) is 0 Å². The summed E-state index contributed by atoms with van der Waals surface area (Å²) in [6.07, 6.45) is 4.01. The predicted octanol–water partition coefficient (Wildman–Crippen LogP) is 2.80. The molecule has 0 aliphatic heterocycles. The molecule has 2 heterocycles. The molecule has 3 rings (SSSR count). The molecule has 0 saturated carbocycles. The Kier molecular flexibility index (Phi) is 3.21. The first kappa shape index (κ1) is 11.1. The number of nitrogens with zero attached hydrogens (tertiary/aromatic N) is 2. The van der Waals surface area contributed by atoms with Gasteiger partial charge in [0.1, 0.15) is 5.65 Å². The van der Waals surface area contributed by atoms with E-state index in [0.717, 1.165) is 16.9 Å². The van der Waals surface area contributed by atoms with Crippen molar-refractivity contribution in [2.45, 2.75) is 0 Å². The molecule has 0 fully saturated rings. The van der Waals surface area contributed by atoms with E-state index in [-0.39, 0.29) is 21.1 Å². The monoisotopic (exact) mass is 388 g/mol. The summed E-state index contributed by atoms with van der Waals surface area (Å²) in [6, 6.07) is 17.0. The van der Waals surface area contributed by atoms with Crippen molar-refractivity contribution in [2.24, 2.45) is 0 Å². The molecule has 3 aromatic rings. The Morgan fingerprint density at radius 3 is 2.69 bits per heavy atom. The standard InChI is InChI=1S/C13H9N2.Pt/c1-2-6-11(7-3-1)12-10-15-9-5-4-8-13(15)14-12;/h1-6,8-10H;/q-1;. The third-order valence-electron chi connectivity index (χ3n) is 2.35. The number of rotatable bonds is 1. The molecule has 1 aromatic carbocycles. The van der Waals surface area contributed by atoms with Crippen molar-refractivity contribution in [2.75, 3.05) is 0 Å². The number of benzene rings is 1. The molecule has 0 bridgehead atoms. The van der Waals surface area contributed by atoms with Crippen molar-refractivity contribution in [1.29, 1.82) is 0 Å². The second-order valence-corrected chi connectivity index (χ2v) is 3.37. The van der Waals surface area contributed by atoms with Crippen molar-refractivity contribution in [3.05, 3.63) is 60.9 Å². The van der Waals surface area contributed by atoms with Gasteiger partial charge < -0.3 is 4.40 Å². The van der Waals surface area contributed by atoms with Crippen LogP contribution < -0.4 is 0 Å². The molecule has 0 unspecified atom stereocenters. The zero-order valence-corrected chi connectivity index (χ0v) is 10.7. The summed E-state index contributed by atoms with van der Waals surface area (Å²) in [6.45, 7) is 0. The van der Waals surface area contributed by atoms with Gasteiger partial charge >= 0.3 is 0 Å². The Morgan fingerprint density at radius 1 is 1.06 bits per heavy atom. The van der Waals surface area contributed by atoms with Gasteiger partial charge in [-0.3, -0.25) is 4.98 Å². The van der Waals surface area contributed by atoms with Crippen molar-refractivity contribution < 1.29 is 21.1 Å². The van der Waals surface area contributed by atoms with Gasteiger partial charge in [-0.2, -0.15) is 0 Å². The molecule has 3 heteroatoms. The summed E-state index contributed by atoms with van der Waals surface area (Å²) in [5, 5.41) is 0. The van der Waals surface area contributed by atoms with Gasteiger partial charge in [0, 0.05) is 33.0 Å². The molecule has 0 atom stereocenters. The quantitative estimate of drug-likeness (QED) is 0.586. The van der Waals surface area contributed by atoms with Gasteiger partial charge in [0.05, 0.1) is 0 Å². The molecule has 0 radical (unpaired) electrons. The normalized spacial score (nSPS) is 10.0. The van der Waals surface area contributed by atoms with Crippen molar-refractivity contribution in [1.82, 2.24) is 9.38 Å². The largest absolute Gasteiger partial charge is 0.316 e. The maximum atomic E-state index is 4.51. The second kappa shape index (κ2) is 4.63. The van der Waals surface area contributed by atoms with Gasteiger partial charge in [-0.15, -0.1) is 35.9 Å². The predicted molar refractivity (Wildman–Crippen MR) is 59.5 cm³/mol. The van der Waals surface area contributed by atoms with E-state index in [9.17, 15) is 0 Å². The van der Waals surface area contributed by atoms with E-state index in [1.165, 1.54) is 0 Å². The SMILES string of the molecule is [Pt].[c-]1ccccc1-c1cn2ccccc2n1. The average Bonchev–Trinajstić information content (AvgIpc) is 2.74. The number of fused-ring (bicyclic) bond motifs is 1. The summed E-state index contributed by atoms with van der Waals surface area (Å²) >= 11 is 0. The van der Waals surface area contributed by atoms with Crippen LogP contribution in [0.25, 0.3) is 16.9 Å². The Balaban J connectivity index is 0.000000963. The summed E-state index contributed by atoms with van der Waals surface area (Å²) in [7, 11) is 0. The van der Waals surface area contributed by atoms with Crippen LogP contribution in [0, 0.1) is 6.07 Å². The van der Waals surface area contributed by atoms with Crippen LogP contribution in [-0.2, 0) is 21.1 Å². The van der Waals surface area contributed by atoms with Crippen molar-refractivity contribution in [3.63, 3.8) is 0 Å². The maximum Gasteiger partial charge on any atom is 0.126 e. The van der Waals surface area contributed by atoms with Crippen LogP contribution >= 0.6 is 0 Å². The van der Waals surface area contributed by atoms with Crippen LogP contribution in [0.3, 0.4) is 0 Å². The fourth-order valence-electron chi connectivity index (χ4n) is 1.62. The maximum absolute atomic E-state index is 4.51. The van der Waals surface area contributed by atoms with E-state index in [0.29, 0.717) is 0 Å². The molecular weight excluding hydrogens is 379 g/mol. The molecule has 0 spiro atoms. The first-order valence-electron chi connectivity index (χ1n) is 4.84. The number of aromatic nitrogens is 2. The van der Waals surface area contributed by atoms with Crippen LogP contribution in [-0.4, -0.2) is 9.38 Å². The summed E-state index contributed by atoms with van der Waals surface area (Å²) < 4.78 is 2.01. The number of imidazole rings is 1. The van der Waals surface area contributed by atoms with E-state index < -0.39 is 0 Å². The number of hydrogen-bond acceptors (Lipinski definition) is 1. The third kappa shape index (κ3) is 1.93. The summed E-state index contributed by atoms with van der Waals surface area (Å²) in [4.78, 5) is 4.51. The van der Waals surface area contributed by atoms with Gasteiger partial charge in [-0.05, 0) is 18.3 Å². The van der Waals surface area contributed by atoms with Gasteiger partial charge in [0.15, 0.2) is 0 Å². The Morgan fingerprint density at radius 2 is 1.94 bits per heavy atom. The molecule has 0 aliphatic rings. The van der Waals surface area contributed by atoms with Crippen LogP contribution in [0.15, 0.2) is 54.9 Å². The molecule has 0 aliphatic carbocycles. The molecule has 16 heavy (non-hydrogen) atoms. The van der Waals surface area contributed by atoms with Crippen LogP contribution in [0.5, 0.6) is 0 Å². The minimum Gasteiger partial charge on any atom is -0.316 e. The average molecular weight is 388 g/mol. The summed E-state index contributed by atoms with van der Waals surface area (Å²) in [5.74, 6) is 0. The van der Waals surface area contributed by atoms with Gasteiger partial charge in [0.25, 0.3) is 0 Å². The van der Waals surface area contributed by atoms with Crippen molar-refractivity contribution in [3.8, 4) is 11.3 Å². The van der Waals surface area contributed by atoms with E-state index in [4.69, 9.17) is 0 Å². The molecule has 0 N–H and O–H groups in total. The van der Waals surface area contributed by atoms with Crippen molar-refractivity contribution >= 4 is 5.65 Å². The van der Waals surface area contributed by atoms with Crippen LogP contribution in [0.4, 0.5) is 0 Å². The second-order valence-electron chi connectivity index (χ2n) is 3.37. The van der Waals surface area contributed by atoms with Gasteiger partial charge in [-0.25, -0.2) is 0 Å². The fraction of sp³-hybridized carbons (Fsp3) is 0. The molecule has 2 nitrogen and oxygen atoms in total. The fourth-order valence-corrected chi connectivity index (χ4v) is 1.62. The third-order valence-corrected chi connectivity index (χ3v) is 2.35. The van der Waals surface area contributed by atoms with Gasteiger partial charge in [-0.1, -0.05) is 6.07 Å². The first-order valence-corrected chi connectivity index (χ1v) is 4.84. The van der Waals surface area contributed by atoms with E-state index >= 15 is 0 Å². The molecule has 0 amide bonds. The van der Waals surface area contributed by atoms with Crippen LogP contribution in [0.1, 0.15) is 0 Å². The Labute approximate surface area is 108 Å². The number of hydrogen-bond donors (Lipinski definition) is 0. The van der Waals surface area contributed by atoms with Gasteiger partial charge in [0.2, 0.25) is 0 Å². The number of pyridine rings is 1. The smallest absolute Gasteiger partial charge is 0.126 e. The molecular formula is C13H9N2Pt-. The van der Waals surface area contributed by atoms with E-state index in [2.05, 4.69) is 11.1 Å². The Hall–Kier alpha value is -1.40. The first-order chi connectivity index (χ1) is 7.43. The minimum absolute atomic E-state index is 0. The molecule has 82 valence electrons. The zero-order chi connectivity index (χ0) is 10.1. The molecule has 0 saturated heterocycles. The minimum atomic E-state index is 0.